The van der Waals surface area contributed by atoms with Crippen molar-refractivity contribution in [3.05, 3.63) is 41.8 Å². The zero-order chi connectivity index (χ0) is 12.4. The summed E-state index contributed by atoms with van der Waals surface area (Å²) in [6.07, 6.45) is 1.74. The number of nitrogens with two attached hydrogens (primary N) is 1. The van der Waals surface area contributed by atoms with Gasteiger partial charge in [0.05, 0.1) is 0 Å². The van der Waals surface area contributed by atoms with Gasteiger partial charge in [-0.15, -0.1) is 5.10 Å². The molecule has 3 N–H and O–H groups in total. The molecule has 2 aromatic rings. The third-order valence-corrected chi connectivity index (χ3v) is 3.15. The molecule has 0 saturated heterocycles. The van der Waals surface area contributed by atoms with Crippen LogP contribution in [0.15, 0.2) is 34.7 Å². The summed E-state index contributed by atoms with van der Waals surface area (Å²) >= 11 is 0. The predicted octanol–water partition coefficient (Wildman–Crippen LogP) is 1.54. The standard InChI is InChI=1S/C13H16N4O/c14-7-6-12-16-17-13(18-12)15-11-8-10(11)9-4-2-1-3-5-9/h1-5,10-11H,6-8,14H2,(H,15,17). The van der Waals surface area contributed by atoms with Gasteiger partial charge < -0.3 is 15.5 Å². The molecule has 0 aliphatic heterocycles. The van der Waals surface area contributed by atoms with Crippen LogP contribution in [0.2, 0.25) is 0 Å². The first-order valence-corrected chi connectivity index (χ1v) is 6.21. The van der Waals surface area contributed by atoms with Gasteiger partial charge in [-0.2, -0.15) is 0 Å². The zero-order valence-electron chi connectivity index (χ0n) is 10.0. The summed E-state index contributed by atoms with van der Waals surface area (Å²) in [6, 6.07) is 11.4. The molecule has 18 heavy (non-hydrogen) atoms. The van der Waals surface area contributed by atoms with Crippen LogP contribution < -0.4 is 11.1 Å². The van der Waals surface area contributed by atoms with Crippen LogP contribution in [-0.4, -0.2) is 22.8 Å². The molecular weight excluding hydrogens is 228 g/mol. The third kappa shape index (κ3) is 2.36. The Kier molecular flexibility index (Phi) is 2.98. The molecular formula is C13H16N4O. The van der Waals surface area contributed by atoms with E-state index >= 15 is 0 Å². The summed E-state index contributed by atoms with van der Waals surface area (Å²) in [4.78, 5) is 0. The lowest BCUT2D eigenvalue weighted by Crippen LogP contribution is -2.04. The average molecular weight is 244 g/mol. The molecule has 2 unspecified atom stereocenters. The van der Waals surface area contributed by atoms with Gasteiger partial charge in [-0.25, -0.2) is 0 Å². The van der Waals surface area contributed by atoms with Crippen LogP contribution in [-0.2, 0) is 6.42 Å². The third-order valence-electron chi connectivity index (χ3n) is 3.15. The van der Waals surface area contributed by atoms with Crippen molar-refractivity contribution in [3.8, 4) is 0 Å². The number of hydrogen-bond donors (Lipinski definition) is 2. The maximum Gasteiger partial charge on any atom is 0.315 e. The molecule has 0 spiro atoms. The first-order valence-electron chi connectivity index (χ1n) is 6.21. The van der Waals surface area contributed by atoms with Gasteiger partial charge in [-0.1, -0.05) is 35.4 Å². The van der Waals surface area contributed by atoms with Crippen LogP contribution in [0.1, 0.15) is 23.8 Å². The van der Waals surface area contributed by atoms with E-state index in [0.29, 0.717) is 36.8 Å². The van der Waals surface area contributed by atoms with E-state index in [-0.39, 0.29) is 0 Å². The summed E-state index contributed by atoms with van der Waals surface area (Å²) in [5, 5.41) is 11.1. The van der Waals surface area contributed by atoms with Crippen LogP contribution >= 0.6 is 0 Å². The number of nitrogens with zero attached hydrogens (tertiary/aromatic N) is 2. The Labute approximate surface area is 105 Å². The van der Waals surface area contributed by atoms with Crippen molar-refractivity contribution in [1.29, 1.82) is 0 Å². The molecule has 94 valence electrons. The van der Waals surface area contributed by atoms with Crippen molar-refractivity contribution in [2.75, 3.05) is 11.9 Å². The highest BCUT2D eigenvalue weighted by Crippen LogP contribution is 2.42. The summed E-state index contributed by atoms with van der Waals surface area (Å²) in [7, 11) is 0. The maximum atomic E-state index is 5.45. The Bertz CT molecular complexity index is 511. The van der Waals surface area contributed by atoms with Gasteiger partial charge in [0.2, 0.25) is 5.89 Å². The van der Waals surface area contributed by atoms with Crippen molar-refractivity contribution in [2.45, 2.75) is 24.8 Å². The minimum atomic E-state index is 0.401. The van der Waals surface area contributed by atoms with Gasteiger partial charge in [0.15, 0.2) is 0 Å². The van der Waals surface area contributed by atoms with Crippen LogP contribution in [0.3, 0.4) is 0 Å². The second kappa shape index (κ2) is 4.78. The first-order chi connectivity index (χ1) is 8.86. The van der Waals surface area contributed by atoms with E-state index in [4.69, 9.17) is 10.2 Å². The summed E-state index contributed by atoms with van der Waals surface area (Å²) in [5.41, 5.74) is 6.79. The minimum Gasteiger partial charge on any atom is -0.408 e. The minimum absolute atomic E-state index is 0.401. The topological polar surface area (TPSA) is 77.0 Å². The van der Waals surface area contributed by atoms with Gasteiger partial charge in [-0.3, -0.25) is 0 Å². The number of aromatic nitrogens is 2. The van der Waals surface area contributed by atoms with E-state index in [9.17, 15) is 0 Å². The zero-order valence-corrected chi connectivity index (χ0v) is 10.0. The van der Waals surface area contributed by atoms with Gasteiger partial charge in [0.25, 0.3) is 0 Å². The fourth-order valence-corrected chi connectivity index (χ4v) is 2.12. The monoisotopic (exact) mass is 244 g/mol. The number of benzene rings is 1. The smallest absolute Gasteiger partial charge is 0.315 e. The van der Waals surface area contributed by atoms with Crippen molar-refractivity contribution in [2.24, 2.45) is 5.73 Å². The van der Waals surface area contributed by atoms with Crippen molar-refractivity contribution in [3.63, 3.8) is 0 Å². The maximum absolute atomic E-state index is 5.45. The highest BCUT2D eigenvalue weighted by atomic mass is 16.4. The van der Waals surface area contributed by atoms with Gasteiger partial charge in [-0.05, 0) is 12.0 Å². The van der Waals surface area contributed by atoms with Crippen molar-refractivity contribution >= 4 is 6.01 Å². The van der Waals surface area contributed by atoms with E-state index in [1.807, 2.05) is 6.07 Å². The van der Waals surface area contributed by atoms with Crippen molar-refractivity contribution < 1.29 is 4.42 Å². The molecule has 1 aromatic carbocycles. The quantitative estimate of drug-likeness (QED) is 0.834. The molecule has 0 bridgehead atoms. The number of hydrogen-bond acceptors (Lipinski definition) is 5. The molecule has 5 heteroatoms. The molecule has 1 saturated carbocycles. The normalized spacial score (nSPS) is 21.8. The molecule has 1 fully saturated rings. The van der Waals surface area contributed by atoms with Crippen LogP contribution in [0, 0.1) is 0 Å². The Hall–Kier alpha value is -1.88. The van der Waals surface area contributed by atoms with Gasteiger partial charge in [0.1, 0.15) is 0 Å². The first kappa shape index (κ1) is 11.2. The molecule has 0 radical (unpaired) electrons. The molecule has 1 heterocycles. The largest absolute Gasteiger partial charge is 0.408 e. The van der Waals surface area contributed by atoms with Gasteiger partial charge >= 0.3 is 6.01 Å². The summed E-state index contributed by atoms with van der Waals surface area (Å²) < 4.78 is 5.45. The van der Waals surface area contributed by atoms with E-state index in [1.165, 1.54) is 5.56 Å². The lowest BCUT2D eigenvalue weighted by atomic mass is 10.1. The summed E-state index contributed by atoms with van der Waals surface area (Å²) in [6.45, 7) is 0.525. The Morgan fingerprint density at radius 3 is 2.89 bits per heavy atom. The Morgan fingerprint density at radius 2 is 2.11 bits per heavy atom. The molecule has 2 atom stereocenters. The van der Waals surface area contributed by atoms with Crippen LogP contribution in [0.25, 0.3) is 0 Å². The van der Waals surface area contributed by atoms with Crippen molar-refractivity contribution in [1.82, 2.24) is 10.2 Å². The molecule has 1 aliphatic rings. The van der Waals surface area contributed by atoms with E-state index in [0.717, 1.165) is 6.42 Å². The number of anilines is 1. The SMILES string of the molecule is NCCc1nnc(NC2CC2c2ccccc2)o1. The lowest BCUT2D eigenvalue weighted by molar-refractivity contribution is 0.505. The second-order valence-corrected chi connectivity index (χ2v) is 4.54. The highest BCUT2D eigenvalue weighted by molar-refractivity contribution is 5.35. The number of nitrogens with one attached hydrogen (secondary N) is 1. The molecule has 0 amide bonds. The molecule has 1 aromatic heterocycles. The fourth-order valence-electron chi connectivity index (χ4n) is 2.12. The molecule has 1 aliphatic carbocycles. The highest BCUT2D eigenvalue weighted by Gasteiger charge is 2.39. The van der Waals surface area contributed by atoms with E-state index in [1.54, 1.807) is 0 Å². The van der Waals surface area contributed by atoms with E-state index < -0.39 is 0 Å². The summed E-state index contributed by atoms with van der Waals surface area (Å²) in [5.74, 6) is 1.15. The van der Waals surface area contributed by atoms with Crippen LogP contribution in [0.4, 0.5) is 6.01 Å². The Morgan fingerprint density at radius 1 is 1.28 bits per heavy atom. The van der Waals surface area contributed by atoms with E-state index in [2.05, 4.69) is 39.8 Å². The average Bonchev–Trinajstić information content (AvgIpc) is 3.02. The Balaban J connectivity index is 1.59. The van der Waals surface area contributed by atoms with Gasteiger partial charge in [0, 0.05) is 24.9 Å². The lowest BCUT2D eigenvalue weighted by Gasteiger charge is -2.00. The predicted molar refractivity (Wildman–Crippen MR) is 68.3 cm³/mol. The second-order valence-electron chi connectivity index (χ2n) is 4.54. The fraction of sp³-hybridized carbons (Fsp3) is 0.385. The van der Waals surface area contributed by atoms with Crippen LogP contribution in [0.5, 0.6) is 0 Å². The number of rotatable bonds is 5. The molecule has 3 rings (SSSR count). The molecule has 5 nitrogen and oxygen atoms in total.